The van der Waals surface area contributed by atoms with E-state index >= 15 is 0 Å². The molecule has 6 nitrogen and oxygen atoms in total. The number of fused-ring (bicyclic) bond motifs is 1. The number of hydrogen-bond acceptors (Lipinski definition) is 5. The van der Waals surface area contributed by atoms with Gasteiger partial charge in [-0.1, -0.05) is 0 Å². The van der Waals surface area contributed by atoms with Crippen LogP contribution >= 0.6 is 0 Å². The third-order valence-corrected chi connectivity index (χ3v) is 6.00. The zero-order chi connectivity index (χ0) is 18.1. The van der Waals surface area contributed by atoms with Crippen LogP contribution in [0.4, 0.5) is 5.82 Å². The van der Waals surface area contributed by atoms with E-state index in [0.717, 1.165) is 37.6 Å². The van der Waals surface area contributed by atoms with Crippen LogP contribution in [0, 0.1) is 12.8 Å². The van der Waals surface area contributed by atoms with Crippen LogP contribution in [0.15, 0.2) is 12.3 Å². The standard InChI is InChI=1S/C20H30N6/c1-14-23-17-9-5-4-8-16(17)20(24-14)21-13-15-7-6-12-25(2)19(15)18-10-11-22-26(18)3/h10-11,15,19H,4-9,12-13H2,1-3H3,(H,21,23,24)/t15-,19+/m0/s1. The molecule has 1 aliphatic carbocycles. The molecule has 1 aliphatic heterocycles. The minimum atomic E-state index is 0.405. The molecule has 0 spiro atoms. The number of hydrogen-bond donors (Lipinski definition) is 1. The summed E-state index contributed by atoms with van der Waals surface area (Å²) in [6, 6.07) is 2.57. The molecule has 0 aromatic carbocycles. The fourth-order valence-electron chi connectivity index (χ4n) is 4.71. The summed E-state index contributed by atoms with van der Waals surface area (Å²) in [5.41, 5.74) is 3.91. The molecule has 2 aromatic rings. The molecule has 1 saturated heterocycles. The van der Waals surface area contributed by atoms with Crippen molar-refractivity contribution in [1.82, 2.24) is 24.6 Å². The van der Waals surface area contributed by atoms with Crippen molar-refractivity contribution in [3.63, 3.8) is 0 Å². The molecule has 0 radical (unpaired) electrons. The maximum Gasteiger partial charge on any atom is 0.133 e. The molecule has 0 bridgehead atoms. The van der Waals surface area contributed by atoms with E-state index in [-0.39, 0.29) is 0 Å². The maximum absolute atomic E-state index is 4.74. The number of rotatable bonds is 4. The molecule has 6 heteroatoms. The lowest BCUT2D eigenvalue weighted by Gasteiger charge is -2.39. The van der Waals surface area contributed by atoms with Crippen molar-refractivity contribution in [2.75, 3.05) is 25.5 Å². The van der Waals surface area contributed by atoms with Gasteiger partial charge in [-0.05, 0) is 71.0 Å². The Balaban J connectivity index is 1.55. The molecular formula is C20H30N6. The van der Waals surface area contributed by atoms with E-state index in [9.17, 15) is 0 Å². The van der Waals surface area contributed by atoms with Crippen LogP contribution in [-0.4, -0.2) is 44.8 Å². The van der Waals surface area contributed by atoms with E-state index in [1.54, 1.807) is 0 Å². The van der Waals surface area contributed by atoms with E-state index in [0.29, 0.717) is 12.0 Å². The summed E-state index contributed by atoms with van der Waals surface area (Å²) in [6.45, 7) is 4.10. The smallest absolute Gasteiger partial charge is 0.133 e. The van der Waals surface area contributed by atoms with Gasteiger partial charge in [0.05, 0.1) is 11.7 Å². The second kappa shape index (κ2) is 7.35. The fourth-order valence-corrected chi connectivity index (χ4v) is 4.71. The SMILES string of the molecule is Cc1nc2c(c(NC[C@@H]3CCCN(C)[C@H]3c3ccnn3C)n1)CCCC2. The Kier molecular flexibility index (Phi) is 4.94. The summed E-state index contributed by atoms with van der Waals surface area (Å²) in [6.07, 6.45) is 9.09. The lowest BCUT2D eigenvalue weighted by molar-refractivity contribution is 0.121. The van der Waals surface area contributed by atoms with Crippen LogP contribution in [0.2, 0.25) is 0 Å². The van der Waals surface area contributed by atoms with Crippen molar-refractivity contribution in [3.8, 4) is 0 Å². The highest BCUT2D eigenvalue weighted by Gasteiger charge is 2.32. The molecule has 0 saturated carbocycles. The summed E-state index contributed by atoms with van der Waals surface area (Å²) in [7, 11) is 4.28. The van der Waals surface area contributed by atoms with Gasteiger partial charge in [0.15, 0.2) is 0 Å². The Labute approximate surface area is 156 Å². The topological polar surface area (TPSA) is 58.9 Å². The molecule has 1 fully saturated rings. The van der Waals surface area contributed by atoms with Crippen molar-refractivity contribution in [2.24, 2.45) is 13.0 Å². The largest absolute Gasteiger partial charge is 0.369 e. The van der Waals surface area contributed by atoms with Gasteiger partial charge in [0, 0.05) is 31.0 Å². The van der Waals surface area contributed by atoms with Crippen LogP contribution in [0.5, 0.6) is 0 Å². The monoisotopic (exact) mass is 354 g/mol. The van der Waals surface area contributed by atoms with Crippen LogP contribution in [0.25, 0.3) is 0 Å². The fraction of sp³-hybridized carbons (Fsp3) is 0.650. The van der Waals surface area contributed by atoms with Crippen molar-refractivity contribution in [1.29, 1.82) is 0 Å². The third-order valence-electron chi connectivity index (χ3n) is 6.00. The van der Waals surface area contributed by atoms with E-state index in [1.807, 2.05) is 24.9 Å². The van der Waals surface area contributed by atoms with Gasteiger partial charge in [0.1, 0.15) is 11.6 Å². The zero-order valence-electron chi connectivity index (χ0n) is 16.2. The van der Waals surface area contributed by atoms with Crippen molar-refractivity contribution < 1.29 is 0 Å². The minimum absolute atomic E-state index is 0.405. The van der Waals surface area contributed by atoms with E-state index < -0.39 is 0 Å². The van der Waals surface area contributed by atoms with Crippen LogP contribution in [0.3, 0.4) is 0 Å². The van der Waals surface area contributed by atoms with Gasteiger partial charge in [-0.3, -0.25) is 9.58 Å². The molecule has 2 atom stereocenters. The molecule has 1 N–H and O–H groups in total. The number of anilines is 1. The Morgan fingerprint density at radius 3 is 2.81 bits per heavy atom. The Bertz CT molecular complexity index is 768. The molecule has 2 aliphatic rings. The Hall–Kier alpha value is -1.95. The molecule has 140 valence electrons. The molecule has 2 aromatic heterocycles. The first-order valence-corrected chi connectivity index (χ1v) is 9.92. The number of likely N-dealkylation sites (tertiary alicyclic amines) is 1. The second-order valence-electron chi connectivity index (χ2n) is 7.84. The van der Waals surface area contributed by atoms with Crippen molar-refractivity contribution in [3.05, 3.63) is 35.0 Å². The van der Waals surface area contributed by atoms with E-state index in [4.69, 9.17) is 4.98 Å². The number of piperidine rings is 1. The van der Waals surface area contributed by atoms with Gasteiger partial charge in [-0.25, -0.2) is 9.97 Å². The summed E-state index contributed by atoms with van der Waals surface area (Å²) >= 11 is 0. The molecule has 4 rings (SSSR count). The maximum atomic E-state index is 4.74. The second-order valence-corrected chi connectivity index (χ2v) is 7.84. The highest BCUT2D eigenvalue weighted by Crippen LogP contribution is 2.35. The predicted molar refractivity (Wildman–Crippen MR) is 103 cm³/mol. The molecule has 0 unspecified atom stereocenters. The lowest BCUT2D eigenvalue weighted by atomic mass is 9.87. The summed E-state index contributed by atoms with van der Waals surface area (Å²) in [5.74, 6) is 2.51. The van der Waals surface area contributed by atoms with Crippen LogP contribution in [-0.2, 0) is 19.9 Å². The minimum Gasteiger partial charge on any atom is -0.369 e. The van der Waals surface area contributed by atoms with Gasteiger partial charge in [-0.15, -0.1) is 0 Å². The zero-order valence-corrected chi connectivity index (χ0v) is 16.2. The number of nitrogens with one attached hydrogen (secondary N) is 1. The van der Waals surface area contributed by atoms with Crippen molar-refractivity contribution >= 4 is 5.82 Å². The van der Waals surface area contributed by atoms with Gasteiger partial charge in [0.25, 0.3) is 0 Å². The molecule has 3 heterocycles. The number of aromatic nitrogens is 4. The Morgan fingerprint density at radius 2 is 2.00 bits per heavy atom. The molecule has 0 amide bonds. The van der Waals surface area contributed by atoms with E-state index in [1.165, 1.54) is 42.6 Å². The highest BCUT2D eigenvalue weighted by atomic mass is 15.3. The number of nitrogens with zero attached hydrogens (tertiary/aromatic N) is 5. The summed E-state index contributed by atoms with van der Waals surface area (Å²) < 4.78 is 2.02. The number of aryl methyl sites for hydroxylation is 3. The summed E-state index contributed by atoms with van der Waals surface area (Å²) in [4.78, 5) is 11.9. The lowest BCUT2D eigenvalue weighted by Crippen LogP contribution is -2.40. The quantitative estimate of drug-likeness (QED) is 0.915. The first kappa shape index (κ1) is 17.5. The van der Waals surface area contributed by atoms with E-state index in [2.05, 4.69) is 33.4 Å². The van der Waals surface area contributed by atoms with Crippen molar-refractivity contribution in [2.45, 2.75) is 51.5 Å². The predicted octanol–water partition coefficient (Wildman–Crippen LogP) is 2.89. The van der Waals surface area contributed by atoms with Gasteiger partial charge in [0.2, 0.25) is 0 Å². The van der Waals surface area contributed by atoms with Crippen LogP contribution in [0.1, 0.15) is 54.5 Å². The average molecular weight is 355 g/mol. The average Bonchev–Trinajstić information content (AvgIpc) is 3.05. The third kappa shape index (κ3) is 3.34. The van der Waals surface area contributed by atoms with Crippen LogP contribution < -0.4 is 5.32 Å². The molecular weight excluding hydrogens is 324 g/mol. The normalized spacial score (nSPS) is 23.7. The first-order chi connectivity index (χ1) is 12.6. The van der Waals surface area contributed by atoms with Gasteiger partial charge >= 0.3 is 0 Å². The summed E-state index contributed by atoms with van der Waals surface area (Å²) in [5, 5.41) is 8.11. The highest BCUT2D eigenvalue weighted by molar-refractivity contribution is 5.48. The van der Waals surface area contributed by atoms with Gasteiger partial charge < -0.3 is 5.32 Å². The first-order valence-electron chi connectivity index (χ1n) is 9.92. The molecule has 26 heavy (non-hydrogen) atoms. The van der Waals surface area contributed by atoms with Gasteiger partial charge in [-0.2, -0.15) is 5.10 Å². The Morgan fingerprint density at radius 1 is 1.15 bits per heavy atom.